The zero-order chi connectivity index (χ0) is 17.8. The number of rotatable bonds is 4. The van der Waals surface area contributed by atoms with E-state index in [4.69, 9.17) is 10.2 Å². The molecule has 0 radical (unpaired) electrons. The first-order chi connectivity index (χ1) is 10.8. The maximum Gasteiger partial charge on any atom is 2.00 e. The summed E-state index contributed by atoms with van der Waals surface area (Å²) in [7, 11) is 0. The third-order valence-electron chi connectivity index (χ3n) is 3.19. The summed E-state index contributed by atoms with van der Waals surface area (Å²) >= 11 is 0. The average molecular weight is 452 g/mol. The number of aliphatic hydroxyl groups is 2. The normalized spacial score (nSPS) is 18.8. The Kier molecular flexibility index (Phi) is 22.7. The van der Waals surface area contributed by atoms with Crippen LogP contribution in [0.3, 0.4) is 0 Å². The smallest absolute Gasteiger partial charge is 0.512 e. The molecule has 0 aliphatic heterocycles. The van der Waals surface area contributed by atoms with Gasteiger partial charge >= 0.3 is 19.5 Å². The Morgan fingerprint density at radius 3 is 1.19 bits per heavy atom. The van der Waals surface area contributed by atoms with Gasteiger partial charge in [-0.15, -0.1) is 0 Å². The Balaban J connectivity index is -0.000000132. The molecule has 0 heterocycles. The second-order valence-electron chi connectivity index (χ2n) is 5.54. The van der Waals surface area contributed by atoms with Crippen LogP contribution in [-0.2, 0) is 29.1 Å². The summed E-state index contributed by atoms with van der Waals surface area (Å²) in [5, 5.41) is 17.0. The van der Waals surface area contributed by atoms with Crippen molar-refractivity contribution in [3.63, 3.8) is 0 Å². The number of hydrogen-bond donors (Lipinski definition) is 2. The predicted octanol–water partition coefficient (Wildman–Crippen LogP) is 5.50. The Morgan fingerprint density at radius 1 is 0.846 bits per heavy atom. The molecular weight excluding hydrogens is 417 g/mol. The van der Waals surface area contributed by atoms with Crippen molar-refractivity contribution in [3.05, 3.63) is 62.8 Å². The van der Waals surface area contributed by atoms with E-state index in [0.29, 0.717) is 12.8 Å². The minimum Gasteiger partial charge on any atom is -0.512 e. The molecule has 2 N–H and O–H groups in total. The molecule has 0 aromatic heterocycles. The molecule has 2 bridgehead atoms. The summed E-state index contributed by atoms with van der Waals surface area (Å²) in [5.74, 6) is 1.71. The van der Waals surface area contributed by atoms with Gasteiger partial charge in [0, 0.05) is 25.0 Å². The predicted molar refractivity (Wildman–Crippen MR) is 106 cm³/mol. The van der Waals surface area contributed by atoms with Gasteiger partial charge in [-0.25, -0.2) is 0 Å². The van der Waals surface area contributed by atoms with Crippen molar-refractivity contribution in [1.82, 2.24) is 0 Å². The molecule has 2 aliphatic rings. The number of hydrogen-bond acceptors (Lipinski definition) is 4. The molecule has 0 fully saturated rings. The topological polar surface area (TPSA) is 74.6 Å². The second kappa shape index (κ2) is 18.3. The van der Waals surface area contributed by atoms with Gasteiger partial charge in [0.25, 0.3) is 0 Å². The van der Waals surface area contributed by atoms with Gasteiger partial charge in [0.2, 0.25) is 0 Å². The van der Waals surface area contributed by atoms with Gasteiger partial charge in [0.15, 0.2) is 11.6 Å². The minimum absolute atomic E-state index is 0. The standard InChI is InChI=1S/C7H8.2C6H10O2.2CH3.Ru/c1-2-7-4-3-6(1)5-7;2*1-3-6(8)4-5(2)7;;;/h1-4,6-7H,5H2;2*4,7H,3H2,1-2H3;2*1H3;/q;;;2*-1;+2. The van der Waals surface area contributed by atoms with Gasteiger partial charge in [-0.1, -0.05) is 38.2 Å². The third kappa shape index (κ3) is 17.3. The molecule has 0 amide bonds. The van der Waals surface area contributed by atoms with Gasteiger partial charge in [-0.05, 0) is 32.1 Å². The van der Waals surface area contributed by atoms with E-state index in [-0.39, 0.29) is 57.4 Å². The van der Waals surface area contributed by atoms with Crippen molar-refractivity contribution >= 4 is 11.6 Å². The zero-order valence-corrected chi connectivity index (χ0v) is 18.5. The molecular formula is C21H34O4Ru. The van der Waals surface area contributed by atoms with E-state index >= 15 is 0 Å². The molecule has 2 aliphatic carbocycles. The molecule has 0 unspecified atom stereocenters. The van der Waals surface area contributed by atoms with Gasteiger partial charge < -0.3 is 25.1 Å². The minimum atomic E-state index is -0.0370. The second-order valence-corrected chi connectivity index (χ2v) is 5.54. The molecule has 0 saturated heterocycles. The van der Waals surface area contributed by atoms with Crippen LogP contribution in [0, 0.1) is 26.7 Å². The van der Waals surface area contributed by atoms with Gasteiger partial charge in [-0.2, -0.15) is 0 Å². The molecule has 0 saturated carbocycles. The van der Waals surface area contributed by atoms with E-state index < -0.39 is 0 Å². The summed E-state index contributed by atoms with van der Waals surface area (Å²) in [6, 6.07) is 0. The van der Waals surface area contributed by atoms with Crippen LogP contribution in [0.1, 0.15) is 47.0 Å². The van der Waals surface area contributed by atoms with Crippen LogP contribution < -0.4 is 0 Å². The van der Waals surface area contributed by atoms with E-state index in [2.05, 4.69) is 24.3 Å². The van der Waals surface area contributed by atoms with Crippen molar-refractivity contribution in [1.29, 1.82) is 0 Å². The molecule has 150 valence electrons. The first-order valence-corrected chi connectivity index (χ1v) is 7.95. The fourth-order valence-corrected chi connectivity index (χ4v) is 2.00. The van der Waals surface area contributed by atoms with Crippen LogP contribution in [0.5, 0.6) is 0 Å². The summed E-state index contributed by atoms with van der Waals surface area (Å²) in [6.45, 7) is 6.46. The monoisotopic (exact) mass is 452 g/mol. The molecule has 0 atom stereocenters. The van der Waals surface area contributed by atoms with E-state index in [1.165, 1.54) is 32.4 Å². The van der Waals surface area contributed by atoms with Crippen LogP contribution in [0.15, 0.2) is 48.0 Å². The van der Waals surface area contributed by atoms with Crippen LogP contribution >= 0.6 is 0 Å². The fraction of sp³-hybridized carbons (Fsp3) is 0.429. The van der Waals surface area contributed by atoms with Crippen molar-refractivity contribution in [2.45, 2.75) is 47.0 Å². The summed E-state index contributed by atoms with van der Waals surface area (Å²) < 4.78 is 0. The Bertz CT molecular complexity index is 450. The van der Waals surface area contributed by atoms with Gasteiger partial charge in [-0.3, -0.25) is 9.59 Å². The molecule has 5 heteroatoms. The van der Waals surface area contributed by atoms with E-state index in [1.807, 2.05) is 0 Å². The molecule has 4 nitrogen and oxygen atoms in total. The zero-order valence-electron chi connectivity index (χ0n) is 16.8. The maximum absolute atomic E-state index is 10.4. The molecule has 2 rings (SSSR count). The van der Waals surface area contributed by atoms with Crippen LogP contribution in [0.4, 0.5) is 0 Å². The third-order valence-corrected chi connectivity index (χ3v) is 3.19. The van der Waals surface area contributed by atoms with Gasteiger partial charge in [0.1, 0.15) is 0 Å². The van der Waals surface area contributed by atoms with Crippen LogP contribution in [0.25, 0.3) is 0 Å². The van der Waals surface area contributed by atoms with Gasteiger partial charge in [0.05, 0.1) is 11.5 Å². The van der Waals surface area contributed by atoms with E-state index in [1.54, 1.807) is 13.8 Å². The van der Waals surface area contributed by atoms with E-state index in [0.717, 1.165) is 11.8 Å². The number of carbonyl (C=O) groups is 2. The molecule has 0 spiro atoms. The van der Waals surface area contributed by atoms with Crippen molar-refractivity contribution < 1.29 is 39.3 Å². The molecule has 26 heavy (non-hydrogen) atoms. The quantitative estimate of drug-likeness (QED) is 0.195. The summed E-state index contributed by atoms with van der Waals surface area (Å²) in [5.41, 5.74) is 0. The summed E-state index contributed by atoms with van der Waals surface area (Å²) in [6.07, 6.45) is 13.9. The molecule has 0 aromatic carbocycles. The average Bonchev–Trinajstić information content (AvgIpc) is 3.12. The Hall–Kier alpha value is -1.48. The maximum atomic E-state index is 10.4. The van der Waals surface area contributed by atoms with Crippen molar-refractivity contribution in [2.75, 3.05) is 0 Å². The Labute approximate surface area is 172 Å². The number of fused-ring (bicyclic) bond motifs is 2. The van der Waals surface area contributed by atoms with Crippen molar-refractivity contribution in [2.24, 2.45) is 11.8 Å². The Morgan fingerprint density at radius 2 is 1.12 bits per heavy atom. The largest absolute Gasteiger partial charge is 2.00 e. The summed E-state index contributed by atoms with van der Waals surface area (Å²) in [4.78, 5) is 20.8. The first-order valence-electron chi connectivity index (χ1n) is 7.95. The van der Waals surface area contributed by atoms with Crippen LogP contribution in [0.2, 0.25) is 0 Å². The SMILES string of the molecule is C1=CC2C=CC1C2.CCC(=O)C=C(C)O.CCC(=O)C=C(C)O.[CH3-].[CH3-].[Ru+2]. The van der Waals surface area contributed by atoms with Crippen LogP contribution in [-0.4, -0.2) is 21.8 Å². The first kappa shape index (κ1) is 32.2. The number of ketones is 2. The fourth-order valence-electron chi connectivity index (χ4n) is 2.00. The number of aliphatic hydroxyl groups excluding tert-OH is 2. The van der Waals surface area contributed by atoms with Crippen molar-refractivity contribution in [3.8, 4) is 0 Å². The van der Waals surface area contributed by atoms with E-state index in [9.17, 15) is 9.59 Å². The molecule has 0 aromatic rings. The number of carbonyl (C=O) groups excluding carboxylic acids is 2. The number of allylic oxidation sites excluding steroid dienone is 8.